The maximum Gasteiger partial charge on any atom is 0.410 e. The van der Waals surface area contributed by atoms with E-state index in [-0.39, 0.29) is 42.0 Å². The summed E-state index contributed by atoms with van der Waals surface area (Å²) in [5, 5.41) is 10.1. The number of nitrogens with zero attached hydrogens (tertiary/aromatic N) is 4. The van der Waals surface area contributed by atoms with E-state index in [1.54, 1.807) is 26.8 Å². The number of carbonyl (C=O) groups is 2. The molecule has 1 N–H and O–H groups in total. The Labute approximate surface area is 277 Å². The number of carboxylic acids is 1. The second kappa shape index (κ2) is 14.4. The van der Waals surface area contributed by atoms with Gasteiger partial charge in [-0.1, -0.05) is 41.1 Å². The van der Waals surface area contributed by atoms with Crippen LogP contribution in [0.1, 0.15) is 38.2 Å². The third-order valence-corrected chi connectivity index (χ3v) is 11.6. The molecule has 0 unspecified atom stereocenters. The van der Waals surface area contributed by atoms with Crippen LogP contribution in [0.3, 0.4) is 0 Å². The fraction of sp³-hybridized carbons (Fsp3) is 0.467. The molecule has 46 heavy (non-hydrogen) atoms. The lowest BCUT2D eigenvalue weighted by atomic mass is 10.2. The van der Waals surface area contributed by atoms with E-state index in [9.17, 15) is 31.5 Å². The van der Waals surface area contributed by atoms with Crippen molar-refractivity contribution in [2.75, 3.05) is 59.0 Å². The SMILES string of the molecule is CC(C)(C)OC(=O)N1CCN(S(=O)(=O)c2c(C(=O)O)n(S(=O)(=O)c3ccccc3)c3ccc(Br)cc23)CC1.CCN1CCOCC1. The Morgan fingerprint density at radius 1 is 0.913 bits per heavy atom. The molecule has 2 aromatic carbocycles. The number of ether oxygens (including phenoxy) is 2. The summed E-state index contributed by atoms with van der Waals surface area (Å²) in [5.74, 6) is -1.72. The highest BCUT2D eigenvalue weighted by Crippen LogP contribution is 2.37. The second-order valence-electron chi connectivity index (χ2n) is 11.6. The van der Waals surface area contributed by atoms with E-state index in [0.717, 1.165) is 30.6 Å². The van der Waals surface area contributed by atoms with Crippen LogP contribution in [-0.2, 0) is 29.5 Å². The summed E-state index contributed by atoms with van der Waals surface area (Å²) >= 11 is 3.27. The maximum absolute atomic E-state index is 13.9. The molecular weight excluding hydrogens is 704 g/mol. The molecule has 1 aromatic heterocycles. The fourth-order valence-corrected chi connectivity index (χ4v) is 8.81. The van der Waals surface area contributed by atoms with Crippen molar-refractivity contribution in [1.82, 2.24) is 18.1 Å². The average Bonchev–Trinajstić information content (AvgIpc) is 3.38. The summed E-state index contributed by atoms with van der Waals surface area (Å²) in [6.07, 6.45) is -0.588. The van der Waals surface area contributed by atoms with Gasteiger partial charge in [0.15, 0.2) is 5.69 Å². The molecule has 3 aromatic rings. The number of morpholine rings is 1. The van der Waals surface area contributed by atoms with E-state index >= 15 is 0 Å². The molecule has 0 bridgehead atoms. The minimum absolute atomic E-state index is 0.0151. The van der Waals surface area contributed by atoms with E-state index in [1.807, 2.05) is 0 Å². The van der Waals surface area contributed by atoms with Crippen molar-refractivity contribution in [1.29, 1.82) is 0 Å². The number of amides is 1. The summed E-state index contributed by atoms with van der Waals surface area (Å²) in [5.41, 5.74) is -1.71. The highest BCUT2D eigenvalue weighted by Gasteiger charge is 2.40. The van der Waals surface area contributed by atoms with Crippen LogP contribution in [0.4, 0.5) is 4.79 Å². The van der Waals surface area contributed by atoms with Crippen molar-refractivity contribution < 1.29 is 41.0 Å². The molecule has 13 nitrogen and oxygen atoms in total. The van der Waals surface area contributed by atoms with Gasteiger partial charge in [0.05, 0.1) is 23.6 Å². The molecule has 2 aliphatic rings. The topological polar surface area (TPSA) is 156 Å². The van der Waals surface area contributed by atoms with Crippen molar-refractivity contribution in [2.24, 2.45) is 0 Å². The smallest absolute Gasteiger partial charge is 0.410 e. The van der Waals surface area contributed by atoms with Gasteiger partial charge in [-0.05, 0) is 57.6 Å². The van der Waals surface area contributed by atoms with Crippen molar-refractivity contribution in [3.05, 3.63) is 58.7 Å². The number of hydrogen-bond acceptors (Lipinski definition) is 9. The Morgan fingerprint density at radius 2 is 1.52 bits per heavy atom. The van der Waals surface area contributed by atoms with Crippen LogP contribution in [0.25, 0.3) is 10.9 Å². The number of fused-ring (bicyclic) bond motifs is 1. The van der Waals surface area contributed by atoms with Gasteiger partial charge in [-0.25, -0.2) is 30.4 Å². The van der Waals surface area contributed by atoms with Crippen LogP contribution in [0.5, 0.6) is 0 Å². The van der Waals surface area contributed by atoms with E-state index in [0.29, 0.717) is 8.45 Å². The van der Waals surface area contributed by atoms with E-state index < -0.39 is 48.3 Å². The van der Waals surface area contributed by atoms with Gasteiger partial charge < -0.3 is 19.5 Å². The Morgan fingerprint density at radius 3 is 2.04 bits per heavy atom. The molecule has 0 spiro atoms. The summed E-state index contributed by atoms with van der Waals surface area (Å²) in [7, 11) is -9.01. The lowest BCUT2D eigenvalue weighted by Crippen LogP contribution is -2.51. The van der Waals surface area contributed by atoms with Crippen LogP contribution in [-0.4, -0.2) is 117 Å². The number of carbonyl (C=O) groups excluding carboxylic acids is 1. The summed E-state index contributed by atoms with van der Waals surface area (Å²) in [4.78, 5) is 27.9. The first kappa shape index (κ1) is 35.8. The molecule has 0 saturated carbocycles. The van der Waals surface area contributed by atoms with Gasteiger partial charge in [0, 0.05) is 49.1 Å². The van der Waals surface area contributed by atoms with Gasteiger partial charge in [-0.2, -0.15) is 4.31 Å². The quantitative estimate of drug-likeness (QED) is 0.393. The Balaban J connectivity index is 0.000000523. The molecule has 2 fully saturated rings. The van der Waals surface area contributed by atoms with Crippen LogP contribution >= 0.6 is 15.9 Å². The van der Waals surface area contributed by atoms with Crippen molar-refractivity contribution in [2.45, 2.75) is 43.1 Å². The van der Waals surface area contributed by atoms with E-state index in [2.05, 4.69) is 27.8 Å². The van der Waals surface area contributed by atoms with Crippen LogP contribution in [0, 0.1) is 0 Å². The summed E-state index contributed by atoms with van der Waals surface area (Å²) in [6, 6.07) is 11.4. The zero-order valence-electron chi connectivity index (χ0n) is 26.2. The predicted octanol–water partition coefficient (Wildman–Crippen LogP) is 3.92. The first-order valence-electron chi connectivity index (χ1n) is 14.7. The number of benzene rings is 2. The molecule has 5 rings (SSSR count). The zero-order valence-corrected chi connectivity index (χ0v) is 29.4. The van der Waals surface area contributed by atoms with Gasteiger partial charge in [-0.15, -0.1) is 0 Å². The largest absolute Gasteiger partial charge is 0.477 e. The lowest BCUT2D eigenvalue weighted by molar-refractivity contribution is 0.0192. The Bertz CT molecular complexity index is 1780. The van der Waals surface area contributed by atoms with Crippen molar-refractivity contribution >= 4 is 58.9 Å². The number of aromatic nitrogens is 1. The third-order valence-electron chi connectivity index (χ3n) is 7.36. The number of hydrogen-bond donors (Lipinski definition) is 1. The van der Waals surface area contributed by atoms with E-state index in [4.69, 9.17) is 9.47 Å². The van der Waals surface area contributed by atoms with Crippen LogP contribution in [0.15, 0.2) is 62.8 Å². The molecule has 252 valence electrons. The third kappa shape index (κ3) is 7.91. The average molecular weight is 744 g/mol. The molecule has 0 atom stereocenters. The number of rotatable bonds is 6. The molecule has 3 heterocycles. The minimum Gasteiger partial charge on any atom is -0.477 e. The van der Waals surface area contributed by atoms with Crippen LogP contribution < -0.4 is 0 Å². The van der Waals surface area contributed by atoms with Gasteiger partial charge in [0.1, 0.15) is 10.5 Å². The second-order valence-corrected chi connectivity index (χ2v) is 16.2. The minimum atomic E-state index is -4.52. The van der Waals surface area contributed by atoms with Crippen molar-refractivity contribution in [3.63, 3.8) is 0 Å². The highest BCUT2D eigenvalue weighted by molar-refractivity contribution is 9.10. The number of likely N-dealkylation sites (N-methyl/N-ethyl adjacent to an activating group) is 1. The standard InChI is InChI=1S/C24H26BrN3O8S2.C6H13NO/c1-24(2,3)36-23(31)26-11-13-27(14-12-26)38(34,35)21-18-15-16(25)9-10-19(18)28(20(21)22(29)30)37(32,33)17-7-5-4-6-8-17;1-2-7-3-5-8-6-4-7/h4-10,15H,11-14H2,1-3H3,(H,29,30);2-6H2,1H3. The van der Waals surface area contributed by atoms with Gasteiger partial charge in [0.25, 0.3) is 10.0 Å². The van der Waals surface area contributed by atoms with Gasteiger partial charge in [0.2, 0.25) is 10.0 Å². The molecule has 1 amide bonds. The maximum atomic E-state index is 13.9. The number of sulfonamides is 1. The normalized spacial score (nSPS) is 16.9. The summed E-state index contributed by atoms with van der Waals surface area (Å²) < 4.78 is 67.7. The molecule has 2 aliphatic heterocycles. The highest BCUT2D eigenvalue weighted by atomic mass is 79.9. The predicted molar refractivity (Wildman–Crippen MR) is 175 cm³/mol. The van der Waals surface area contributed by atoms with Crippen LogP contribution in [0.2, 0.25) is 0 Å². The number of aromatic carboxylic acids is 1. The fourth-order valence-electron chi connectivity index (χ4n) is 5.08. The van der Waals surface area contributed by atoms with E-state index in [1.165, 1.54) is 53.9 Å². The van der Waals surface area contributed by atoms with Gasteiger partial charge >= 0.3 is 12.1 Å². The molecular formula is C30H39BrN4O9S2. The monoisotopic (exact) mass is 742 g/mol. The van der Waals surface area contributed by atoms with Crippen molar-refractivity contribution in [3.8, 4) is 0 Å². The molecule has 2 saturated heterocycles. The zero-order chi connectivity index (χ0) is 33.9. The van der Waals surface area contributed by atoms with Gasteiger partial charge in [-0.3, -0.25) is 4.90 Å². The Hall–Kier alpha value is -3.02. The lowest BCUT2D eigenvalue weighted by Gasteiger charge is -2.35. The number of halogens is 1. The Kier molecular flexibility index (Phi) is 11.2. The molecule has 0 aliphatic carbocycles. The first-order chi connectivity index (χ1) is 21.6. The number of piperazine rings is 1. The first-order valence-corrected chi connectivity index (χ1v) is 18.4. The number of carboxylic acid groups (broad SMARTS) is 1. The molecule has 0 radical (unpaired) electrons. The molecule has 16 heteroatoms. The summed E-state index contributed by atoms with van der Waals surface area (Å²) in [6.45, 7) is 12.4.